The molecule has 3 rings (SSSR count). The lowest BCUT2D eigenvalue weighted by molar-refractivity contribution is -0.127. The number of nitriles is 1. The van der Waals surface area contributed by atoms with Crippen molar-refractivity contribution < 1.29 is 9.59 Å². The number of carbonyl (C=O) groups excluding carboxylic acids is 2. The summed E-state index contributed by atoms with van der Waals surface area (Å²) in [6, 6.07) is 14.6. The lowest BCUT2D eigenvalue weighted by atomic mass is 10.2. The van der Waals surface area contributed by atoms with Gasteiger partial charge in [0.1, 0.15) is 5.70 Å². The van der Waals surface area contributed by atoms with Crippen LogP contribution in [0.1, 0.15) is 17.5 Å². The SMILES string of the molecule is Cc1ccc(N2C(=O)/C(=C/c3ccc(Cl)c(Cl)c3)N=C2SCC(=O)N(C)CCC#N)cc1. The molecule has 2 aromatic carbocycles. The quantitative estimate of drug-likeness (QED) is 0.528. The maximum atomic E-state index is 13.2. The van der Waals surface area contributed by atoms with Crippen molar-refractivity contribution in [3.05, 3.63) is 69.3 Å². The van der Waals surface area contributed by atoms with E-state index >= 15 is 0 Å². The number of aliphatic imine (C=N–C) groups is 1. The Morgan fingerprint density at radius 1 is 1.22 bits per heavy atom. The summed E-state index contributed by atoms with van der Waals surface area (Å²) in [7, 11) is 1.65. The standard InChI is InChI=1S/C23H20Cl2N4O2S/c1-15-4-7-17(8-5-15)29-22(31)20(13-16-6-9-18(24)19(25)12-16)27-23(29)32-14-21(30)28(2)11-3-10-26/h4-9,12-13H,3,11,14H2,1-2H3/b20-13-. The maximum Gasteiger partial charge on any atom is 0.283 e. The van der Waals surface area contributed by atoms with E-state index < -0.39 is 0 Å². The summed E-state index contributed by atoms with van der Waals surface area (Å²) in [5.74, 6) is -0.352. The number of amidine groups is 1. The Bertz CT molecular complexity index is 1140. The van der Waals surface area contributed by atoms with Gasteiger partial charge in [-0.25, -0.2) is 4.99 Å². The summed E-state index contributed by atoms with van der Waals surface area (Å²) in [4.78, 5) is 33.1. The second-order valence-corrected chi connectivity index (χ2v) is 8.84. The number of thioether (sulfide) groups is 1. The highest BCUT2D eigenvalue weighted by Gasteiger charge is 2.32. The van der Waals surface area contributed by atoms with Crippen molar-refractivity contribution in [3.63, 3.8) is 0 Å². The molecule has 0 atom stereocenters. The molecule has 0 radical (unpaired) electrons. The first-order valence-electron chi connectivity index (χ1n) is 9.70. The predicted octanol–water partition coefficient (Wildman–Crippen LogP) is 5.15. The van der Waals surface area contributed by atoms with E-state index in [1.54, 1.807) is 31.3 Å². The largest absolute Gasteiger partial charge is 0.344 e. The molecule has 6 nitrogen and oxygen atoms in total. The minimum Gasteiger partial charge on any atom is -0.344 e. The van der Waals surface area contributed by atoms with Gasteiger partial charge >= 0.3 is 0 Å². The van der Waals surface area contributed by atoms with Crippen LogP contribution in [0.15, 0.2) is 53.2 Å². The fraction of sp³-hybridized carbons (Fsp3) is 0.217. The second-order valence-electron chi connectivity index (χ2n) is 7.09. The molecule has 1 aliphatic rings. The van der Waals surface area contributed by atoms with Crippen molar-refractivity contribution in [2.75, 3.05) is 24.2 Å². The number of carbonyl (C=O) groups is 2. The van der Waals surface area contributed by atoms with Crippen molar-refractivity contribution >= 4 is 63.7 Å². The van der Waals surface area contributed by atoms with Gasteiger partial charge in [0.25, 0.3) is 5.91 Å². The molecular weight excluding hydrogens is 467 g/mol. The zero-order chi connectivity index (χ0) is 23.3. The Hall–Kier alpha value is -2.79. The van der Waals surface area contributed by atoms with E-state index in [0.29, 0.717) is 33.0 Å². The number of halogens is 2. The molecule has 9 heteroatoms. The van der Waals surface area contributed by atoms with Gasteiger partial charge in [0.2, 0.25) is 5.91 Å². The number of amides is 2. The molecule has 1 heterocycles. The van der Waals surface area contributed by atoms with Gasteiger partial charge in [0.15, 0.2) is 5.17 Å². The van der Waals surface area contributed by atoms with Crippen LogP contribution in [0.3, 0.4) is 0 Å². The summed E-state index contributed by atoms with van der Waals surface area (Å²) in [5, 5.41) is 9.93. The molecule has 0 spiro atoms. The smallest absolute Gasteiger partial charge is 0.283 e. The third-order valence-corrected chi connectivity index (χ3v) is 6.34. The third kappa shape index (κ3) is 5.71. The second kappa shape index (κ2) is 10.7. The molecule has 1 aliphatic heterocycles. The van der Waals surface area contributed by atoms with E-state index in [1.807, 2.05) is 37.3 Å². The fourth-order valence-corrected chi connectivity index (χ4v) is 4.11. The van der Waals surface area contributed by atoms with Crippen molar-refractivity contribution in [2.45, 2.75) is 13.3 Å². The van der Waals surface area contributed by atoms with Crippen LogP contribution in [-0.4, -0.2) is 41.2 Å². The zero-order valence-electron chi connectivity index (χ0n) is 17.5. The number of aryl methyl sites for hydroxylation is 1. The van der Waals surface area contributed by atoms with E-state index in [9.17, 15) is 9.59 Å². The average Bonchev–Trinajstić information content (AvgIpc) is 3.08. The number of hydrogen-bond acceptors (Lipinski definition) is 5. The Morgan fingerprint density at radius 3 is 2.59 bits per heavy atom. The summed E-state index contributed by atoms with van der Waals surface area (Å²) in [6.07, 6.45) is 1.90. The molecule has 0 aliphatic carbocycles. The molecule has 2 amide bonds. The number of anilines is 1. The van der Waals surface area contributed by atoms with Crippen LogP contribution in [0.2, 0.25) is 10.0 Å². The first kappa shape index (κ1) is 23.9. The molecular formula is C23H20Cl2N4O2S. The maximum absolute atomic E-state index is 13.2. The monoisotopic (exact) mass is 486 g/mol. The van der Waals surface area contributed by atoms with Gasteiger partial charge < -0.3 is 4.90 Å². The fourth-order valence-electron chi connectivity index (χ4n) is 2.85. The molecule has 0 bridgehead atoms. The van der Waals surface area contributed by atoms with Gasteiger partial charge in [-0.1, -0.05) is 58.7 Å². The lowest BCUT2D eigenvalue weighted by Crippen LogP contribution is -2.33. The number of benzene rings is 2. The third-order valence-electron chi connectivity index (χ3n) is 4.68. The van der Waals surface area contributed by atoms with Crippen LogP contribution >= 0.6 is 35.0 Å². The predicted molar refractivity (Wildman–Crippen MR) is 131 cm³/mol. The minimum atomic E-state index is -0.298. The van der Waals surface area contributed by atoms with Gasteiger partial charge in [0.05, 0.1) is 34.0 Å². The molecule has 0 N–H and O–H groups in total. The molecule has 32 heavy (non-hydrogen) atoms. The van der Waals surface area contributed by atoms with Crippen molar-refractivity contribution in [2.24, 2.45) is 4.99 Å². The van der Waals surface area contributed by atoms with Crippen LogP contribution < -0.4 is 4.90 Å². The number of rotatable bonds is 6. The van der Waals surface area contributed by atoms with Crippen LogP contribution in [0.5, 0.6) is 0 Å². The lowest BCUT2D eigenvalue weighted by Gasteiger charge is -2.19. The van der Waals surface area contributed by atoms with Gasteiger partial charge in [-0.2, -0.15) is 5.26 Å². The van der Waals surface area contributed by atoms with E-state index in [4.69, 9.17) is 28.5 Å². The topological polar surface area (TPSA) is 76.8 Å². The first-order valence-corrected chi connectivity index (χ1v) is 11.4. The van der Waals surface area contributed by atoms with E-state index in [2.05, 4.69) is 4.99 Å². The summed E-state index contributed by atoms with van der Waals surface area (Å²) in [5.41, 5.74) is 2.65. The van der Waals surface area contributed by atoms with Gasteiger partial charge in [-0.15, -0.1) is 0 Å². The summed E-state index contributed by atoms with van der Waals surface area (Å²) < 4.78 is 0. The van der Waals surface area contributed by atoms with Gasteiger partial charge in [-0.05, 0) is 42.8 Å². The molecule has 0 saturated carbocycles. The van der Waals surface area contributed by atoms with Gasteiger partial charge in [-0.3, -0.25) is 14.5 Å². The van der Waals surface area contributed by atoms with Crippen molar-refractivity contribution in [1.29, 1.82) is 5.26 Å². The molecule has 2 aromatic rings. The first-order chi connectivity index (χ1) is 15.3. The highest BCUT2D eigenvalue weighted by molar-refractivity contribution is 8.14. The Balaban J connectivity index is 1.88. The summed E-state index contributed by atoms with van der Waals surface area (Å²) in [6.45, 7) is 2.32. The van der Waals surface area contributed by atoms with E-state index in [0.717, 1.165) is 5.56 Å². The normalized spacial score (nSPS) is 14.5. The Morgan fingerprint density at radius 2 is 1.94 bits per heavy atom. The molecule has 0 aromatic heterocycles. The summed E-state index contributed by atoms with van der Waals surface area (Å²) >= 11 is 13.3. The minimum absolute atomic E-state index is 0.0937. The van der Waals surface area contributed by atoms with Crippen LogP contribution in [-0.2, 0) is 9.59 Å². The van der Waals surface area contributed by atoms with E-state index in [-0.39, 0.29) is 29.7 Å². The number of nitrogens with zero attached hydrogens (tertiary/aromatic N) is 4. The highest BCUT2D eigenvalue weighted by Crippen LogP contribution is 2.31. The molecule has 0 unspecified atom stereocenters. The Labute approximate surface area is 201 Å². The van der Waals surface area contributed by atoms with Crippen molar-refractivity contribution in [3.8, 4) is 6.07 Å². The molecule has 0 saturated heterocycles. The van der Waals surface area contributed by atoms with E-state index in [1.165, 1.54) is 21.6 Å². The van der Waals surface area contributed by atoms with Crippen LogP contribution in [0.25, 0.3) is 6.08 Å². The van der Waals surface area contributed by atoms with Crippen LogP contribution in [0, 0.1) is 18.3 Å². The van der Waals surface area contributed by atoms with Gasteiger partial charge in [0, 0.05) is 13.6 Å². The van der Waals surface area contributed by atoms with Crippen molar-refractivity contribution in [1.82, 2.24) is 4.90 Å². The highest BCUT2D eigenvalue weighted by atomic mass is 35.5. The van der Waals surface area contributed by atoms with Crippen LogP contribution in [0.4, 0.5) is 5.69 Å². The zero-order valence-corrected chi connectivity index (χ0v) is 19.8. The molecule has 0 fully saturated rings. The average molecular weight is 487 g/mol. The molecule has 164 valence electrons. The number of hydrogen-bond donors (Lipinski definition) is 0. The Kier molecular flexibility index (Phi) is 7.97.